The van der Waals surface area contributed by atoms with Crippen molar-refractivity contribution in [1.29, 1.82) is 0 Å². The monoisotopic (exact) mass is 233 g/mol. The van der Waals surface area contributed by atoms with Gasteiger partial charge in [0.2, 0.25) is 0 Å². The molecule has 2 rings (SSSR count). The maximum atomic E-state index is 11.9. The third-order valence-corrected chi connectivity index (χ3v) is 3.18. The van der Waals surface area contributed by atoms with Gasteiger partial charge in [0.05, 0.1) is 0 Å². The van der Waals surface area contributed by atoms with Crippen molar-refractivity contribution in [3.8, 4) is 0 Å². The van der Waals surface area contributed by atoms with Gasteiger partial charge in [-0.25, -0.2) is 0 Å². The number of aliphatic carboxylic acids is 1. The quantitative estimate of drug-likeness (QED) is 0.815. The summed E-state index contributed by atoms with van der Waals surface area (Å²) in [5.74, 6) is -1.66. The van der Waals surface area contributed by atoms with Crippen LogP contribution in [0.15, 0.2) is 24.3 Å². The van der Waals surface area contributed by atoms with Crippen molar-refractivity contribution in [3.63, 3.8) is 0 Å². The largest absolute Gasteiger partial charge is 0.481 e. The van der Waals surface area contributed by atoms with Crippen LogP contribution in [0.3, 0.4) is 0 Å². The molecule has 0 fully saturated rings. The number of carboxylic acid groups (broad SMARTS) is 1. The molecule has 4 heteroatoms. The Bertz CT molecular complexity index is 467. The van der Waals surface area contributed by atoms with Gasteiger partial charge < -0.3 is 10.4 Å². The molecular weight excluding hydrogens is 218 g/mol. The number of fused-ring (bicyclic) bond motifs is 1. The molecule has 4 nitrogen and oxygen atoms in total. The van der Waals surface area contributed by atoms with E-state index in [1.54, 1.807) is 24.3 Å². The van der Waals surface area contributed by atoms with Crippen LogP contribution in [0.4, 0.5) is 0 Å². The Hall–Kier alpha value is -1.84. The highest BCUT2D eigenvalue weighted by Gasteiger charge is 2.39. The number of hydrogen-bond acceptors (Lipinski definition) is 2. The van der Waals surface area contributed by atoms with E-state index in [1.807, 2.05) is 13.8 Å². The fourth-order valence-corrected chi connectivity index (χ4v) is 2.32. The first-order chi connectivity index (χ1) is 8.02. The number of benzene rings is 1. The second-order valence-corrected chi connectivity index (χ2v) is 4.65. The molecule has 0 bridgehead atoms. The molecule has 17 heavy (non-hydrogen) atoms. The van der Waals surface area contributed by atoms with Crippen LogP contribution in [-0.4, -0.2) is 23.0 Å². The predicted octanol–water partition coefficient (Wildman–Crippen LogP) is 1.62. The summed E-state index contributed by atoms with van der Waals surface area (Å²) in [6.45, 7) is 3.82. The maximum Gasteiger partial charge on any atom is 0.313 e. The molecule has 90 valence electrons. The lowest BCUT2D eigenvalue weighted by molar-refractivity contribution is -0.139. The molecule has 0 saturated heterocycles. The fraction of sp³-hybridized carbons (Fsp3) is 0.385. The summed E-state index contributed by atoms with van der Waals surface area (Å²) in [7, 11) is 0. The van der Waals surface area contributed by atoms with Crippen LogP contribution in [0, 0.1) is 5.92 Å². The summed E-state index contributed by atoms with van der Waals surface area (Å²) in [6, 6.07) is 6.55. The van der Waals surface area contributed by atoms with Crippen molar-refractivity contribution < 1.29 is 14.7 Å². The number of carbonyl (C=O) groups excluding carboxylic acids is 1. The van der Waals surface area contributed by atoms with Crippen LogP contribution in [-0.2, 0) is 4.79 Å². The molecule has 1 heterocycles. The van der Waals surface area contributed by atoms with Crippen LogP contribution in [0.2, 0.25) is 0 Å². The average Bonchev–Trinajstić information content (AvgIpc) is 2.28. The van der Waals surface area contributed by atoms with Gasteiger partial charge in [-0.15, -0.1) is 0 Å². The summed E-state index contributed by atoms with van der Waals surface area (Å²) in [5.41, 5.74) is 1.08. The third-order valence-electron chi connectivity index (χ3n) is 3.18. The lowest BCUT2D eigenvalue weighted by Crippen LogP contribution is -2.49. The molecule has 2 unspecified atom stereocenters. The highest BCUT2D eigenvalue weighted by atomic mass is 16.4. The molecule has 1 amide bonds. The van der Waals surface area contributed by atoms with Gasteiger partial charge in [0.15, 0.2) is 0 Å². The number of carboxylic acids is 1. The van der Waals surface area contributed by atoms with Gasteiger partial charge in [0.25, 0.3) is 5.91 Å². The molecule has 0 aromatic heterocycles. The van der Waals surface area contributed by atoms with E-state index >= 15 is 0 Å². The van der Waals surface area contributed by atoms with Crippen LogP contribution >= 0.6 is 0 Å². The normalized spacial score (nSPS) is 23.1. The van der Waals surface area contributed by atoms with Crippen LogP contribution in [0.25, 0.3) is 0 Å². The van der Waals surface area contributed by atoms with Crippen molar-refractivity contribution in [2.75, 3.05) is 0 Å². The first-order valence-electron chi connectivity index (χ1n) is 5.65. The Kier molecular flexibility index (Phi) is 2.88. The molecule has 2 atom stereocenters. The zero-order chi connectivity index (χ0) is 12.6. The van der Waals surface area contributed by atoms with E-state index in [1.165, 1.54) is 0 Å². The van der Waals surface area contributed by atoms with Crippen molar-refractivity contribution in [2.24, 2.45) is 5.92 Å². The molecule has 2 N–H and O–H groups in total. The minimum Gasteiger partial charge on any atom is -0.481 e. The zero-order valence-corrected chi connectivity index (χ0v) is 9.81. The molecule has 1 aromatic rings. The molecular formula is C13H15NO3. The Morgan fingerprint density at radius 2 is 2.00 bits per heavy atom. The third kappa shape index (κ3) is 1.90. The number of hydrogen-bond donors (Lipinski definition) is 2. The minimum absolute atomic E-state index is 0.0772. The lowest BCUT2D eigenvalue weighted by Gasteiger charge is -2.33. The van der Waals surface area contributed by atoms with E-state index in [4.69, 9.17) is 0 Å². The first-order valence-corrected chi connectivity index (χ1v) is 5.65. The molecule has 0 radical (unpaired) electrons. The number of nitrogens with one attached hydrogen (secondary N) is 1. The molecule has 0 saturated carbocycles. The Morgan fingerprint density at radius 3 is 2.59 bits per heavy atom. The Balaban J connectivity index is 2.54. The van der Waals surface area contributed by atoms with E-state index in [0.717, 1.165) is 0 Å². The van der Waals surface area contributed by atoms with E-state index in [-0.39, 0.29) is 17.9 Å². The summed E-state index contributed by atoms with van der Waals surface area (Å²) < 4.78 is 0. The van der Waals surface area contributed by atoms with Gasteiger partial charge in [-0.1, -0.05) is 32.0 Å². The smallest absolute Gasteiger partial charge is 0.313 e. The standard InChI is InChI=1S/C13H15NO3/c1-7(2)11-10(13(16)17)8-5-3-4-6-9(8)12(15)14-11/h3-7,10-11H,1-2H3,(H,14,15)(H,16,17). The summed E-state index contributed by atoms with van der Waals surface area (Å²) in [4.78, 5) is 23.3. The predicted molar refractivity (Wildman–Crippen MR) is 62.9 cm³/mol. The van der Waals surface area contributed by atoms with Gasteiger partial charge >= 0.3 is 5.97 Å². The van der Waals surface area contributed by atoms with Gasteiger partial charge in [0, 0.05) is 11.6 Å². The van der Waals surface area contributed by atoms with Gasteiger partial charge in [-0.05, 0) is 17.5 Å². The van der Waals surface area contributed by atoms with Crippen LogP contribution in [0.5, 0.6) is 0 Å². The molecule has 0 aliphatic carbocycles. The first kappa shape index (κ1) is 11.6. The van der Waals surface area contributed by atoms with Crippen molar-refractivity contribution in [3.05, 3.63) is 35.4 Å². The highest BCUT2D eigenvalue weighted by molar-refractivity contribution is 6.00. The minimum atomic E-state index is -0.892. The van der Waals surface area contributed by atoms with Crippen molar-refractivity contribution in [1.82, 2.24) is 5.32 Å². The highest BCUT2D eigenvalue weighted by Crippen LogP contribution is 2.31. The van der Waals surface area contributed by atoms with Crippen molar-refractivity contribution >= 4 is 11.9 Å². The SMILES string of the molecule is CC(C)C1NC(=O)c2ccccc2C1C(=O)O. The van der Waals surface area contributed by atoms with Crippen molar-refractivity contribution in [2.45, 2.75) is 25.8 Å². The summed E-state index contributed by atoms with van der Waals surface area (Å²) >= 11 is 0. The van der Waals surface area contributed by atoms with Gasteiger partial charge in [-0.3, -0.25) is 9.59 Å². The summed E-state index contributed by atoms with van der Waals surface area (Å²) in [5, 5.41) is 12.1. The molecule has 1 aliphatic rings. The second kappa shape index (κ2) is 4.20. The second-order valence-electron chi connectivity index (χ2n) is 4.65. The Morgan fingerprint density at radius 1 is 1.35 bits per heavy atom. The van der Waals surface area contributed by atoms with E-state index < -0.39 is 11.9 Å². The fourth-order valence-electron chi connectivity index (χ4n) is 2.32. The maximum absolute atomic E-state index is 11.9. The van der Waals surface area contributed by atoms with Crippen LogP contribution < -0.4 is 5.32 Å². The van der Waals surface area contributed by atoms with E-state index in [2.05, 4.69) is 5.32 Å². The molecule has 0 spiro atoms. The Labute approximate surface area is 99.6 Å². The lowest BCUT2D eigenvalue weighted by atomic mass is 9.80. The number of amides is 1. The van der Waals surface area contributed by atoms with Gasteiger partial charge in [-0.2, -0.15) is 0 Å². The number of carbonyl (C=O) groups is 2. The van der Waals surface area contributed by atoms with E-state index in [0.29, 0.717) is 11.1 Å². The zero-order valence-electron chi connectivity index (χ0n) is 9.81. The molecule has 1 aromatic carbocycles. The van der Waals surface area contributed by atoms with E-state index in [9.17, 15) is 14.7 Å². The van der Waals surface area contributed by atoms with Gasteiger partial charge in [0.1, 0.15) is 5.92 Å². The average molecular weight is 233 g/mol. The topological polar surface area (TPSA) is 66.4 Å². The summed E-state index contributed by atoms with van der Waals surface area (Å²) in [6.07, 6.45) is 0. The molecule has 1 aliphatic heterocycles. The number of rotatable bonds is 2. The van der Waals surface area contributed by atoms with Crippen LogP contribution in [0.1, 0.15) is 35.7 Å².